The summed E-state index contributed by atoms with van der Waals surface area (Å²) >= 11 is 0. The van der Waals surface area contributed by atoms with Gasteiger partial charge in [-0.15, -0.1) is 5.10 Å². The standard InChI is InChI=1S/C14H23N5/c1-5-19(6-2)9-7-8-16-14-13(10-15)11(3)12(4)17-18-14/h5-9H2,1-4H3,(H,16,18). The molecule has 0 unspecified atom stereocenters. The summed E-state index contributed by atoms with van der Waals surface area (Å²) in [5, 5.41) is 20.5. The Morgan fingerprint density at radius 2 is 1.89 bits per heavy atom. The van der Waals surface area contributed by atoms with E-state index in [1.54, 1.807) is 0 Å². The fraction of sp³-hybridized carbons (Fsp3) is 0.643. The number of anilines is 1. The van der Waals surface area contributed by atoms with Crippen LogP contribution in [-0.2, 0) is 0 Å². The maximum Gasteiger partial charge on any atom is 0.166 e. The van der Waals surface area contributed by atoms with Crippen molar-refractivity contribution in [1.29, 1.82) is 5.26 Å². The fourth-order valence-electron chi connectivity index (χ4n) is 1.92. The van der Waals surface area contributed by atoms with Gasteiger partial charge in [0.25, 0.3) is 0 Å². The predicted octanol–water partition coefficient (Wildman–Crippen LogP) is 2.11. The fourth-order valence-corrected chi connectivity index (χ4v) is 1.92. The number of aryl methyl sites for hydroxylation is 1. The molecule has 0 aliphatic heterocycles. The van der Waals surface area contributed by atoms with Gasteiger partial charge >= 0.3 is 0 Å². The molecule has 1 aromatic heterocycles. The van der Waals surface area contributed by atoms with Crippen LogP contribution in [-0.4, -0.2) is 41.3 Å². The van der Waals surface area contributed by atoms with Gasteiger partial charge in [-0.25, -0.2) is 0 Å². The molecule has 5 heteroatoms. The molecule has 0 aliphatic carbocycles. The summed E-state index contributed by atoms with van der Waals surface area (Å²) in [6.07, 6.45) is 1.03. The maximum absolute atomic E-state index is 9.18. The van der Waals surface area contributed by atoms with Crippen LogP contribution in [0, 0.1) is 25.2 Å². The second-order valence-electron chi connectivity index (χ2n) is 4.55. The van der Waals surface area contributed by atoms with Crippen LogP contribution in [0.3, 0.4) is 0 Å². The van der Waals surface area contributed by atoms with Gasteiger partial charge in [-0.3, -0.25) is 0 Å². The summed E-state index contributed by atoms with van der Waals surface area (Å²) in [6.45, 7) is 12.1. The van der Waals surface area contributed by atoms with Gasteiger partial charge in [0.2, 0.25) is 0 Å². The second-order valence-corrected chi connectivity index (χ2v) is 4.55. The minimum absolute atomic E-state index is 0.602. The monoisotopic (exact) mass is 261 g/mol. The van der Waals surface area contributed by atoms with E-state index in [0.29, 0.717) is 11.4 Å². The average Bonchev–Trinajstić information content (AvgIpc) is 2.43. The largest absolute Gasteiger partial charge is 0.367 e. The SMILES string of the molecule is CCN(CC)CCCNc1nnc(C)c(C)c1C#N. The highest BCUT2D eigenvalue weighted by Gasteiger charge is 2.10. The van der Waals surface area contributed by atoms with Gasteiger partial charge in [0.05, 0.1) is 5.69 Å². The van der Waals surface area contributed by atoms with E-state index < -0.39 is 0 Å². The Morgan fingerprint density at radius 3 is 2.47 bits per heavy atom. The number of aromatic nitrogens is 2. The molecule has 0 saturated carbocycles. The zero-order chi connectivity index (χ0) is 14.3. The number of hydrogen-bond donors (Lipinski definition) is 1. The second kappa shape index (κ2) is 7.70. The zero-order valence-electron chi connectivity index (χ0n) is 12.3. The molecular formula is C14H23N5. The van der Waals surface area contributed by atoms with E-state index in [1.165, 1.54) is 0 Å². The van der Waals surface area contributed by atoms with Crippen molar-refractivity contribution in [3.8, 4) is 6.07 Å². The van der Waals surface area contributed by atoms with E-state index in [1.807, 2.05) is 13.8 Å². The van der Waals surface area contributed by atoms with Crippen molar-refractivity contribution in [2.24, 2.45) is 0 Å². The highest BCUT2D eigenvalue weighted by Crippen LogP contribution is 2.16. The zero-order valence-corrected chi connectivity index (χ0v) is 12.3. The molecule has 104 valence electrons. The molecule has 1 N–H and O–H groups in total. The highest BCUT2D eigenvalue weighted by molar-refractivity contribution is 5.55. The lowest BCUT2D eigenvalue weighted by molar-refractivity contribution is 0.303. The summed E-state index contributed by atoms with van der Waals surface area (Å²) in [5.74, 6) is 0.602. The van der Waals surface area contributed by atoms with E-state index >= 15 is 0 Å². The van der Waals surface area contributed by atoms with Crippen LogP contribution in [0.2, 0.25) is 0 Å². The van der Waals surface area contributed by atoms with Crippen LogP contribution < -0.4 is 5.32 Å². The Bertz CT molecular complexity index is 446. The van der Waals surface area contributed by atoms with Crippen LogP contribution in [0.5, 0.6) is 0 Å². The molecule has 0 amide bonds. The van der Waals surface area contributed by atoms with Crippen molar-refractivity contribution in [2.45, 2.75) is 34.1 Å². The Morgan fingerprint density at radius 1 is 1.21 bits per heavy atom. The van der Waals surface area contributed by atoms with E-state index in [2.05, 4.69) is 40.3 Å². The van der Waals surface area contributed by atoms with Gasteiger partial charge in [0, 0.05) is 6.54 Å². The predicted molar refractivity (Wildman–Crippen MR) is 77.1 cm³/mol. The highest BCUT2D eigenvalue weighted by atomic mass is 15.2. The molecule has 0 atom stereocenters. The summed E-state index contributed by atoms with van der Waals surface area (Å²) in [5.41, 5.74) is 2.32. The topological polar surface area (TPSA) is 64.8 Å². The smallest absolute Gasteiger partial charge is 0.166 e. The molecule has 1 heterocycles. The van der Waals surface area contributed by atoms with Gasteiger partial charge in [0.1, 0.15) is 11.6 Å². The molecule has 19 heavy (non-hydrogen) atoms. The number of rotatable bonds is 7. The Labute approximate surface area is 115 Å². The molecule has 0 fully saturated rings. The van der Waals surface area contributed by atoms with Crippen molar-refractivity contribution in [3.05, 3.63) is 16.8 Å². The number of nitrogens with zero attached hydrogens (tertiary/aromatic N) is 4. The summed E-state index contributed by atoms with van der Waals surface area (Å²) < 4.78 is 0. The Kier molecular flexibility index (Phi) is 6.23. The average molecular weight is 261 g/mol. The quantitative estimate of drug-likeness (QED) is 0.762. The van der Waals surface area contributed by atoms with E-state index in [4.69, 9.17) is 0 Å². The summed E-state index contributed by atoms with van der Waals surface area (Å²) in [7, 11) is 0. The Balaban J connectivity index is 2.55. The van der Waals surface area contributed by atoms with Crippen molar-refractivity contribution in [2.75, 3.05) is 31.5 Å². The van der Waals surface area contributed by atoms with Gasteiger partial charge < -0.3 is 10.2 Å². The molecule has 1 aromatic rings. The van der Waals surface area contributed by atoms with Crippen molar-refractivity contribution >= 4 is 5.82 Å². The van der Waals surface area contributed by atoms with Crippen LogP contribution >= 0.6 is 0 Å². The molecule has 5 nitrogen and oxygen atoms in total. The van der Waals surface area contributed by atoms with Crippen LogP contribution in [0.25, 0.3) is 0 Å². The molecule has 0 aliphatic rings. The first-order chi connectivity index (χ1) is 9.13. The molecule has 0 spiro atoms. The van der Waals surface area contributed by atoms with Gasteiger partial charge in [-0.2, -0.15) is 10.4 Å². The van der Waals surface area contributed by atoms with E-state index in [-0.39, 0.29) is 0 Å². The summed E-state index contributed by atoms with van der Waals surface area (Å²) in [6, 6.07) is 2.20. The third kappa shape index (κ3) is 4.18. The van der Waals surface area contributed by atoms with Gasteiger partial charge in [0.15, 0.2) is 5.82 Å². The van der Waals surface area contributed by atoms with Crippen molar-refractivity contribution < 1.29 is 0 Å². The molecule has 0 saturated heterocycles. The first-order valence-corrected chi connectivity index (χ1v) is 6.84. The van der Waals surface area contributed by atoms with Gasteiger partial charge in [-0.05, 0) is 45.5 Å². The maximum atomic E-state index is 9.18. The first-order valence-electron chi connectivity index (χ1n) is 6.84. The summed E-state index contributed by atoms with van der Waals surface area (Å²) in [4.78, 5) is 2.37. The van der Waals surface area contributed by atoms with E-state index in [9.17, 15) is 5.26 Å². The minimum Gasteiger partial charge on any atom is -0.367 e. The lowest BCUT2D eigenvalue weighted by atomic mass is 10.1. The number of nitriles is 1. The lowest BCUT2D eigenvalue weighted by Gasteiger charge is -2.18. The van der Waals surface area contributed by atoms with Crippen molar-refractivity contribution in [3.63, 3.8) is 0 Å². The lowest BCUT2D eigenvalue weighted by Crippen LogP contribution is -2.25. The normalized spacial score (nSPS) is 10.5. The number of hydrogen-bond acceptors (Lipinski definition) is 5. The minimum atomic E-state index is 0.602. The third-order valence-corrected chi connectivity index (χ3v) is 3.40. The molecule has 0 aromatic carbocycles. The molecule has 1 rings (SSSR count). The van der Waals surface area contributed by atoms with Gasteiger partial charge in [-0.1, -0.05) is 13.8 Å². The van der Waals surface area contributed by atoms with Crippen LogP contribution in [0.1, 0.15) is 37.1 Å². The van der Waals surface area contributed by atoms with Crippen LogP contribution in [0.15, 0.2) is 0 Å². The van der Waals surface area contributed by atoms with E-state index in [0.717, 1.165) is 43.9 Å². The Hall–Kier alpha value is -1.67. The molecular weight excluding hydrogens is 238 g/mol. The van der Waals surface area contributed by atoms with Crippen LogP contribution in [0.4, 0.5) is 5.82 Å². The third-order valence-electron chi connectivity index (χ3n) is 3.40. The first kappa shape index (κ1) is 15.4. The number of nitrogens with one attached hydrogen (secondary N) is 1. The molecule has 0 bridgehead atoms. The van der Waals surface area contributed by atoms with Crippen molar-refractivity contribution in [1.82, 2.24) is 15.1 Å². The molecule has 0 radical (unpaired) electrons.